The molecule has 1 aromatic heterocycles. The highest BCUT2D eigenvalue weighted by Gasteiger charge is 2.41. The van der Waals surface area contributed by atoms with Gasteiger partial charge in [0.05, 0.1) is 6.54 Å². The van der Waals surface area contributed by atoms with Crippen molar-refractivity contribution in [1.29, 1.82) is 0 Å². The van der Waals surface area contributed by atoms with Gasteiger partial charge in [0.25, 0.3) is 0 Å². The molecule has 0 spiro atoms. The predicted molar refractivity (Wildman–Crippen MR) is 76.0 cm³/mol. The second kappa shape index (κ2) is 5.14. The van der Waals surface area contributed by atoms with Crippen molar-refractivity contribution in [3.8, 4) is 0 Å². The SMILES string of the molecule is Cc1nnc(CN2CCC[C@H]2C[C@@H]2C[C@H]3CC[C@H]2C3)o1. The summed E-state index contributed by atoms with van der Waals surface area (Å²) in [6.07, 6.45) is 10.2. The molecule has 1 aromatic rings. The third-order valence-electron chi connectivity index (χ3n) is 5.86. The largest absolute Gasteiger partial charge is 0.424 e. The summed E-state index contributed by atoms with van der Waals surface area (Å²) >= 11 is 0. The standard InChI is InChI=1S/C16H25N3O/c1-11-17-18-16(20-11)10-19-6-2-3-15(19)9-14-8-12-4-5-13(14)7-12/h12-15H,2-10H2,1H3/t12-,13-,14-,15-/m0/s1. The summed E-state index contributed by atoms with van der Waals surface area (Å²) in [5.41, 5.74) is 0. The van der Waals surface area contributed by atoms with Crippen LogP contribution in [0.5, 0.6) is 0 Å². The van der Waals surface area contributed by atoms with Crippen molar-refractivity contribution >= 4 is 0 Å². The molecule has 0 radical (unpaired) electrons. The minimum absolute atomic E-state index is 0.684. The van der Waals surface area contributed by atoms with Crippen molar-refractivity contribution in [3.05, 3.63) is 11.8 Å². The number of aromatic nitrogens is 2. The van der Waals surface area contributed by atoms with Crippen LogP contribution in [-0.2, 0) is 6.54 Å². The monoisotopic (exact) mass is 275 g/mol. The van der Waals surface area contributed by atoms with E-state index in [1.54, 1.807) is 0 Å². The van der Waals surface area contributed by atoms with Gasteiger partial charge in [0.15, 0.2) is 0 Å². The van der Waals surface area contributed by atoms with Crippen LogP contribution in [0.25, 0.3) is 0 Å². The molecule has 2 bridgehead atoms. The average Bonchev–Trinajstić information content (AvgIpc) is 3.17. The van der Waals surface area contributed by atoms with E-state index in [0.717, 1.165) is 36.2 Å². The lowest BCUT2D eigenvalue weighted by Gasteiger charge is -2.29. The Kier molecular flexibility index (Phi) is 3.29. The first kappa shape index (κ1) is 12.8. The summed E-state index contributed by atoms with van der Waals surface area (Å²) in [7, 11) is 0. The van der Waals surface area contributed by atoms with E-state index in [1.165, 1.54) is 51.5 Å². The Bertz CT molecular complexity index is 472. The molecule has 1 saturated heterocycles. The van der Waals surface area contributed by atoms with Gasteiger partial charge in [-0.3, -0.25) is 4.90 Å². The zero-order valence-corrected chi connectivity index (χ0v) is 12.4. The van der Waals surface area contributed by atoms with Gasteiger partial charge in [-0.2, -0.15) is 0 Å². The molecule has 0 unspecified atom stereocenters. The van der Waals surface area contributed by atoms with Gasteiger partial charge in [0.2, 0.25) is 11.8 Å². The molecule has 4 atom stereocenters. The Morgan fingerprint density at radius 2 is 2.15 bits per heavy atom. The van der Waals surface area contributed by atoms with E-state index in [4.69, 9.17) is 4.42 Å². The summed E-state index contributed by atoms with van der Waals surface area (Å²) in [5.74, 6) is 4.60. The molecular formula is C16H25N3O. The number of hydrogen-bond acceptors (Lipinski definition) is 4. The van der Waals surface area contributed by atoms with E-state index in [9.17, 15) is 0 Å². The number of fused-ring (bicyclic) bond motifs is 2. The van der Waals surface area contributed by atoms with Crippen LogP contribution in [0.3, 0.4) is 0 Å². The van der Waals surface area contributed by atoms with Crippen LogP contribution in [0.1, 0.15) is 56.7 Å². The van der Waals surface area contributed by atoms with Crippen LogP contribution < -0.4 is 0 Å². The molecule has 0 aromatic carbocycles. The van der Waals surface area contributed by atoms with E-state index in [-0.39, 0.29) is 0 Å². The van der Waals surface area contributed by atoms with E-state index in [1.807, 2.05) is 6.92 Å². The molecule has 3 fully saturated rings. The summed E-state index contributed by atoms with van der Waals surface area (Å²) in [6.45, 7) is 3.92. The van der Waals surface area contributed by atoms with E-state index < -0.39 is 0 Å². The maximum atomic E-state index is 5.55. The molecular weight excluding hydrogens is 250 g/mol. The zero-order chi connectivity index (χ0) is 13.5. The van der Waals surface area contributed by atoms with Crippen LogP contribution in [0, 0.1) is 24.7 Å². The maximum absolute atomic E-state index is 5.55. The van der Waals surface area contributed by atoms with E-state index in [0.29, 0.717) is 5.89 Å². The maximum Gasteiger partial charge on any atom is 0.230 e. The topological polar surface area (TPSA) is 42.2 Å². The predicted octanol–water partition coefficient (Wildman–Crippen LogP) is 3.17. The lowest BCUT2D eigenvalue weighted by molar-refractivity contribution is 0.172. The second-order valence-corrected chi connectivity index (χ2v) is 7.15. The molecule has 0 amide bonds. The summed E-state index contributed by atoms with van der Waals surface area (Å²) in [6, 6.07) is 0.756. The minimum atomic E-state index is 0.684. The third-order valence-corrected chi connectivity index (χ3v) is 5.86. The fourth-order valence-electron chi connectivity index (χ4n) is 4.96. The molecule has 2 heterocycles. The number of nitrogens with zero attached hydrogens (tertiary/aromatic N) is 3. The first-order chi connectivity index (χ1) is 9.78. The van der Waals surface area contributed by atoms with Crippen molar-refractivity contribution in [3.63, 3.8) is 0 Å². The van der Waals surface area contributed by atoms with Crippen molar-refractivity contribution in [2.24, 2.45) is 17.8 Å². The highest BCUT2D eigenvalue weighted by Crippen LogP contribution is 2.50. The normalized spacial score (nSPS) is 37.0. The Hall–Kier alpha value is -0.900. The van der Waals surface area contributed by atoms with E-state index >= 15 is 0 Å². The molecule has 3 aliphatic rings. The van der Waals surface area contributed by atoms with Crippen molar-refractivity contribution in [1.82, 2.24) is 15.1 Å². The van der Waals surface area contributed by atoms with Gasteiger partial charge in [-0.05, 0) is 62.8 Å². The third kappa shape index (κ3) is 2.39. The zero-order valence-electron chi connectivity index (χ0n) is 12.4. The smallest absolute Gasteiger partial charge is 0.230 e. The molecule has 2 aliphatic carbocycles. The van der Waals surface area contributed by atoms with Gasteiger partial charge in [0, 0.05) is 13.0 Å². The highest BCUT2D eigenvalue weighted by atomic mass is 16.4. The Morgan fingerprint density at radius 3 is 2.85 bits per heavy atom. The fourth-order valence-corrected chi connectivity index (χ4v) is 4.96. The summed E-state index contributed by atoms with van der Waals surface area (Å²) in [5, 5.41) is 8.10. The van der Waals surface area contributed by atoms with Crippen molar-refractivity contribution in [2.45, 2.75) is 64.5 Å². The van der Waals surface area contributed by atoms with Crippen LogP contribution in [0.4, 0.5) is 0 Å². The quantitative estimate of drug-likeness (QED) is 0.846. The van der Waals surface area contributed by atoms with Crippen LogP contribution in [-0.4, -0.2) is 27.7 Å². The summed E-state index contributed by atoms with van der Waals surface area (Å²) < 4.78 is 5.55. The van der Waals surface area contributed by atoms with E-state index in [2.05, 4.69) is 15.1 Å². The van der Waals surface area contributed by atoms with Crippen LogP contribution in [0.15, 0.2) is 4.42 Å². The van der Waals surface area contributed by atoms with Gasteiger partial charge in [-0.25, -0.2) is 0 Å². The molecule has 4 rings (SSSR count). The van der Waals surface area contributed by atoms with Gasteiger partial charge < -0.3 is 4.42 Å². The minimum Gasteiger partial charge on any atom is -0.424 e. The Labute approximate surface area is 120 Å². The molecule has 4 heteroatoms. The first-order valence-corrected chi connectivity index (χ1v) is 8.31. The number of likely N-dealkylation sites (tertiary alicyclic amines) is 1. The Balaban J connectivity index is 1.37. The van der Waals surface area contributed by atoms with Gasteiger partial charge in [-0.1, -0.05) is 6.42 Å². The molecule has 2 saturated carbocycles. The average molecular weight is 275 g/mol. The second-order valence-electron chi connectivity index (χ2n) is 7.15. The van der Waals surface area contributed by atoms with Gasteiger partial charge >= 0.3 is 0 Å². The highest BCUT2D eigenvalue weighted by molar-refractivity contribution is 4.94. The summed E-state index contributed by atoms with van der Waals surface area (Å²) in [4.78, 5) is 2.58. The number of aryl methyl sites for hydroxylation is 1. The number of hydrogen-bond donors (Lipinski definition) is 0. The van der Waals surface area contributed by atoms with Gasteiger partial charge in [0.1, 0.15) is 0 Å². The Morgan fingerprint density at radius 1 is 1.20 bits per heavy atom. The lowest BCUT2D eigenvalue weighted by Crippen LogP contribution is -2.32. The molecule has 4 nitrogen and oxygen atoms in total. The van der Waals surface area contributed by atoms with Crippen molar-refractivity contribution in [2.75, 3.05) is 6.54 Å². The van der Waals surface area contributed by atoms with Gasteiger partial charge in [-0.15, -0.1) is 10.2 Å². The fraction of sp³-hybridized carbons (Fsp3) is 0.875. The molecule has 20 heavy (non-hydrogen) atoms. The molecule has 110 valence electrons. The number of rotatable bonds is 4. The lowest BCUT2D eigenvalue weighted by atomic mass is 9.84. The van der Waals surface area contributed by atoms with Crippen LogP contribution in [0.2, 0.25) is 0 Å². The first-order valence-electron chi connectivity index (χ1n) is 8.31. The molecule has 1 aliphatic heterocycles. The van der Waals surface area contributed by atoms with Crippen LogP contribution >= 0.6 is 0 Å². The van der Waals surface area contributed by atoms with Crippen molar-refractivity contribution < 1.29 is 4.42 Å². The molecule has 0 N–H and O–H groups in total.